The molecule has 0 bridgehead atoms. The second-order valence-corrected chi connectivity index (χ2v) is 6.97. The van der Waals surface area contributed by atoms with Gasteiger partial charge in [-0.1, -0.05) is 18.5 Å². The molecular weight excluding hydrogens is 336 g/mol. The first-order valence-electron chi connectivity index (χ1n) is 8.49. The molecule has 1 saturated heterocycles. The molecule has 1 unspecified atom stereocenters. The molecule has 0 saturated carbocycles. The molecule has 3 rings (SSSR count). The third-order valence-electron chi connectivity index (χ3n) is 4.44. The minimum Gasteiger partial charge on any atom is -0.338 e. The van der Waals surface area contributed by atoms with E-state index >= 15 is 0 Å². The van der Waals surface area contributed by atoms with E-state index in [1.54, 1.807) is 48.5 Å². The van der Waals surface area contributed by atoms with Crippen molar-refractivity contribution in [3.05, 3.63) is 64.7 Å². The lowest BCUT2D eigenvalue weighted by Crippen LogP contribution is -2.39. The van der Waals surface area contributed by atoms with E-state index in [-0.39, 0.29) is 11.8 Å². The fourth-order valence-electron chi connectivity index (χ4n) is 3.06. The average molecular weight is 357 g/mol. The molecule has 1 atom stereocenters. The average Bonchev–Trinajstić information content (AvgIpc) is 2.63. The monoisotopic (exact) mass is 356 g/mol. The molecule has 2 aromatic rings. The van der Waals surface area contributed by atoms with Gasteiger partial charge >= 0.3 is 0 Å². The van der Waals surface area contributed by atoms with Crippen LogP contribution in [0, 0.1) is 5.92 Å². The van der Waals surface area contributed by atoms with Crippen LogP contribution in [0.2, 0.25) is 5.02 Å². The summed E-state index contributed by atoms with van der Waals surface area (Å²) in [6.45, 7) is 3.78. The summed E-state index contributed by atoms with van der Waals surface area (Å²) in [5.41, 5.74) is 1.81. The van der Waals surface area contributed by atoms with E-state index < -0.39 is 0 Å². The Hall–Kier alpha value is -2.33. The summed E-state index contributed by atoms with van der Waals surface area (Å²) in [6.07, 6.45) is 2.22. The number of anilines is 1. The van der Waals surface area contributed by atoms with Crippen molar-refractivity contribution in [3.63, 3.8) is 0 Å². The molecule has 1 aliphatic rings. The fourth-order valence-corrected chi connectivity index (χ4v) is 3.18. The largest absolute Gasteiger partial charge is 0.338 e. The molecule has 5 heteroatoms. The van der Waals surface area contributed by atoms with Crippen LogP contribution in [-0.4, -0.2) is 29.8 Å². The number of benzene rings is 2. The quantitative estimate of drug-likeness (QED) is 0.882. The summed E-state index contributed by atoms with van der Waals surface area (Å²) in [5.74, 6) is 0.367. The van der Waals surface area contributed by atoms with Crippen LogP contribution < -0.4 is 5.32 Å². The van der Waals surface area contributed by atoms with Gasteiger partial charge in [-0.15, -0.1) is 0 Å². The lowest BCUT2D eigenvalue weighted by Gasteiger charge is -2.31. The van der Waals surface area contributed by atoms with E-state index in [2.05, 4.69) is 12.2 Å². The SMILES string of the molecule is CC1CCCN(C(=O)c2ccc(C(=O)Nc3ccc(Cl)cc3)cc2)C1. The minimum atomic E-state index is -0.215. The Morgan fingerprint density at radius 3 is 2.32 bits per heavy atom. The molecular formula is C20H21ClN2O2. The van der Waals surface area contributed by atoms with Crippen LogP contribution in [-0.2, 0) is 0 Å². The molecule has 25 heavy (non-hydrogen) atoms. The topological polar surface area (TPSA) is 49.4 Å². The number of carbonyl (C=O) groups is 2. The number of amides is 2. The second kappa shape index (κ2) is 7.70. The fraction of sp³-hybridized carbons (Fsp3) is 0.300. The zero-order valence-electron chi connectivity index (χ0n) is 14.2. The van der Waals surface area contributed by atoms with Gasteiger partial charge in [0.05, 0.1) is 0 Å². The van der Waals surface area contributed by atoms with Gasteiger partial charge in [-0.2, -0.15) is 0 Å². The summed E-state index contributed by atoms with van der Waals surface area (Å²) in [7, 11) is 0. The summed E-state index contributed by atoms with van der Waals surface area (Å²) in [5, 5.41) is 3.43. The number of carbonyl (C=O) groups excluding carboxylic acids is 2. The van der Waals surface area contributed by atoms with Crippen molar-refractivity contribution >= 4 is 29.1 Å². The molecule has 0 aliphatic carbocycles. The van der Waals surface area contributed by atoms with Crippen molar-refractivity contribution in [2.45, 2.75) is 19.8 Å². The smallest absolute Gasteiger partial charge is 0.255 e. The number of nitrogens with zero attached hydrogens (tertiary/aromatic N) is 1. The van der Waals surface area contributed by atoms with E-state index in [9.17, 15) is 9.59 Å². The van der Waals surface area contributed by atoms with E-state index in [0.717, 1.165) is 19.5 Å². The summed E-state index contributed by atoms with van der Waals surface area (Å²) >= 11 is 5.84. The van der Waals surface area contributed by atoms with Gasteiger partial charge in [-0.05, 0) is 67.3 Å². The van der Waals surface area contributed by atoms with Gasteiger partial charge in [0, 0.05) is 34.9 Å². The molecule has 1 heterocycles. The Bertz CT molecular complexity index is 756. The van der Waals surface area contributed by atoms with Crippen molar-refractivity contribution in [1.29, 1.82) is 0 Å². The van der Waals surface area contributed by atoms with Crippen molar-refractivity contribution < 1.29 is 9.59 Å². The molecule has 4 nitrogen and oxygen atoms in total. The Kier molecular flexibility index (Phi) is 5.39. The van der Waals surface area contributed by atoms with Gasteiger partial charge in [0.15, 0.2) is 0 Å². The summed E-state index contributed by atoms with van der Waals surface area (Å²) in [6, 6.07) is 13.7. The van der Waals surface area contributed by atoms with E-state index in [1.165, 1.54) is 6.42 Å². The van der Waals surface area contributed by atoms with Gasteiger partial charge in [-0.25, -0.2) is 0 Å². The number of hydrogen-bond acceptors (Lipinski definition) is 2. The summed E-state index contributed by atoms with van der Waals surface area (Å²) < 4.78 is 0. The standard InChI is InChI=1S/C20H21ClN2O2/c1-14-3-2-12-23(13-14)20(25)16-6-4-15(5-7-16)19(24)22-18-10-8-17(21)9-11-18/h4-11,14H,2-3,12-13H2,1H3,(H,22,24). The van der Waals surface area contributed by atoms with Crippen molar-refractivity contribution in [1.82, 2.24) is 4.90 Å². The Morgan fingerprint density at radius 2 is 1.68 bits per heavy atom. The van der Waals surface area contributed by atoms with E-state index in [4.69, 9.17) is 11.6 Å². The van der Waals surface area contributed by atoms with Crippen LogP contribution in [0.15, 0.2) is 48.5 Å². The normalized spacial score (nSPS) is 17.2. The van der Waals surface area contributed by atoms with Crippen molar-refractivity contribution in [2.75, 3.05) is 18.4 Å². The van der Waals surface area contributed by atoms with Crippen LogP contribution in [0.3, 0.4) is 0 Å². The first kappa shape index (κ1) is 17.5. The molecule has 0 radical (unpaired) electrons. The number of likely N-dealkylation sites (tertiary alicyclic amines) is 1. The molecule has 0 aromatic heterocycles. The molecule has 1 aliphatic heterocycles. The van der Waals surface area contributed by atoms with Gasteiger partial charge in [0.25, 0.3) is 11.8 Å². The third kappa shape index (κ3) is 4.40. The predicted octanol–water partition coefficient (Wildman–Crippen LogP) is 4.46. The van der Waals surface area contributed by atoms with Gasteiger partial charge in [0.1, 0.15) is 0 Å². The summed E-state index contributed by atoms with van der Waals surface area (Å²) in [4.78, 5) is 26.7. The Labute approximate surface area is 152 Å². The highest BCUT2D eigenvalue weighted by molar-refractivity contribution is 6.30. The highest BCUT2D eigenvalue weighted by Crippen LogP contribution is 2.19. The maximum absolute atomic E-state index is 12.6. The van der Waals surface area contributed by atoms with Gasteiger partial charge < -0.3 is 10.2 Å². The molecule has 130 valence electrons. The van der Waals surface area contributed by atoms with Crippen LogP contribution in [0.25, 0.3) is 0 Å². The Balaban J connectivity index is 1.66. The van der Waals surface area contributed by atoms with Crippen molar-refractivity contribution in [3.8, 4) is 0 Å². The first-order chi connectivity index (χ1) is 12.0. The number of rotatable bonds is 3. The van der Waals surface area contributed by atoms with E-state index in [0.29, 0.717) is 27.8 Å². The molecule has 0 spiro atoms. The number of hydrogen-bond donors (Lipinski definition) is 1. The number of halogens is 1. The van der Waals surface area contributed by atoms with Gasteiger partial charge in [-0.3, -0.25) is 9.59 Å². The second-order valence-electron chi connectivity index (χ2n) is 6.54. The highest BCUT2D eigenvalue weighted by Gasteiger charge is 2.22. The molecule has 2 aromatic carbocycles. The van der Waals surface area contributed by atoms with Crippen LogP contribution in [0.5, 0.6) is 0 Å². The van der Waals surface area contributed by atoms with Crippen LogP contribution in [0.1, 0.15) is 40.5 Å². The predicted molar refractivity (Wildman–Crippen MR) is 100 cm³/mol. The maximum atomic E-state index is 12.6. The van der Waals surface area contributed by atoms with Crippen molar-refractivity contribution in [2.24, 2.45) is 5.92 Å². The zero-order chi connectivity index (χ0) is 17.8. The van der Waals surface area contributed by atoms with E-state index in [1.807, 2.05) is 4.90 Å². The maximum Gasteiger partial charge on any atom is 0.255 e. The molecule has 1 fully saturated rings. The molecule has 1 N–H and O–H groups in total. The highest BCUT2D eigenvalue weighted by atomic mass is 35.5. The third-order valence-corrected chi connectivity index (χ3v) is 4.69. The lowest BCUT2D eigenvalue weighted by molar-refractivity contribution is 0.0682. The number of nitrogens with one attached hydrogen (secondary N) is 1. The lowest BCUT2D eigenvalue weighted by atomic mass is 9.99. The van der Waals surface area contributed by atoms with Gasteiger partial charge in [0.2, 0.25) is 0 Å². The van der Waals surface area contributed by atoms with Crippen LogP contribution >= 0.6 is 11.6 Å². The zero-order valence-corrected chi connectivity index (χ0v) is 14.9. The molecule has 2 amide bonds. The minimum absolute atomic E-state index is 0.0382. The first-order valence-corrected chi connectivity index (χ1v) is 8.87. The Morgan fingerprint density at radius 1 is 1.04 bits per heavy atom. The van der Waals surface area contributed by atoms with Crippen LogP contribution in [0.4, 0.5) is 5.69 Å². The number of piperidine rings is 1.